The smallest absolute Gasteiger partial charge is 0.108 e. The molecule has 1 saturated heterocycles. The standard InChI is InChI=1S/C9H8N2O/c1-2-6-4-10-11-9(6)7(3-1)8-5-12-8/h1-4,8H,5H2,(H,10,11). The van der Waals surface area contributed by atoms with Crippen LogP contribution in [0.2, 0.25) is 0 Å². The number of aromatic nitrogens is 2. The lowest BCUT2D eigenvalue weighted by atomic mass is 10.1. The molecule has 60 valence electrons. The van der Waals surface area contributed by atoms with E-state index in [-0.39, 0.29) is 0 Å². The molecule has 0 spiro atoms. The molecule has 3 nitrogen and oxygen atoms in total. The molecule has 2 aromatic rings. The van der Waals surface area contributed by atoms with Crippen molar-refractivity contribution in [1.82, 2.24) is 10.2 Å². The molecule has 1 aromatic carbocycles. The van der Waals surface area contributed by atoms with Crippen LogP contribution in [0.4, 0.5) is 0 Å². The van der Waals surface area contributed by atoms with Crippen LogP contribution in [0.5, 0.6) is 0 Å². The lowest BCUT2D eigenvalue weighted by Crippen LogP contribution is -1.82. The second kappa shape index (κ2) is 2.08. The third kappa shape index (κ3) is 0.769. The fourth-order valence-electron chi connectivity index (χ4n) is 1.49. The Labute approximate surface area is 69.3 Å². The fraction of sp³-hybridized carbons (Fsp3) is 0.222. The Bertz CT molecular complexity index is 417. The van der Waals surface area contributed by atoms with Crippen molar-refractivity contribution >= 4 is 10.9 Å². The van der Waals surface area contributed by atoms with Crippen molar-refractivity contribution in [1.29, 1.82) is 0 Å². The number of benzene rings is 1. The zero-order valence-corrected chi connectivity index (χ0v) is 6.45. The zero-order chi connectivity index (χ0) is 7.97. The molecule has 1 atom stereocenters. The highest BCUT2D eigenvalue weighted by molar-refractivity contribution is 5.81. The Hall–Kier alpha value is -1.35. The zero-order valence-electron chi connectivity index (χ0n) is 6.45. The molecule has 1 aromatic heterocycles. The van der Waals surface area contributed by atoms with Crippen LogP contribution in [0.15, 0.2) is 24.4 Å². The predicted octanol–water partition coefficient (Wildman–Crippen LogP) is 1.63. The third-order valence-corrected chi connectivity index (χ3v) is 2.19. The number of ether oxygens (including phenoxy) is 1. The van der Waals surface area contributed by atoms with E-state index in [0.717, 1.165) is 17.5 Å². The Morgan fingerprint density at radius 2 is 2.42 bits per heavy atom. The summed E-state index contributed by atoms with van der Waals surface area (Å²) in [6.45, 7) is 0.845. The van der Waals surface area contributed by atoms with Crippen molar-refractivity contribution in [3.05, 3.63) is 30.0 Å². The largest absolute Gasteiger partial charge is 0.368 e. The van der Waals surface area contributed by atoms with Crippen LogP contribution >= 0.6 is 0 Å². The molecule has 3 heteroatoms. The molecule has 1 aliphatic rings. The minimum Gasteiger partial charge on any atom is -0.368 e. The Kier molecular flexibility index (Phi) is 1.07. The molecular weight excluding hydrogens is 152 g/mol. The summed E-state index contributed by atoms with van der Waals surface area (Å²) in [5, 5.41) is 8.13. The highest BCUT2D eigenvalue weighted by Crippen LogP contribution is 2.33. The first kappa shape index (κ1) is 6.20. The van der Waals surface area contributed by atoms with Crippen LogP contribution in [0, 0.1) is 0 Å². The van der Waals surface area contributed by atoms with E-state index >= 15 is 0 Å². The van der Waals surface area contributed by atoms with E-state index in [1.807, 2.05) is 18.3 Å². The van der Waals surface area contributed by atoms with E-state index in [1.54, 1.807) is 0 Å². The number of fused-ring (bicyclic) bond motifs is 1. The molecule has 1 N–H and O–H groups in total. The molecule has 0 aliphatic carbocycles. The van der Waals surface area contributed by atoms with Gasteiger partial charge in [0.1, 0.15) is 6.10 Å². The van der Waals surface area contributed by atoms with Crippen molar-refractivity contribution in [3.63, 3.8) is 0 Å². The normalized spacial score (nSPS) is 21.5. The quantitative estimate of drug-likeness (QED) is 0.644. The number of hydrogen-bond acceptors (Lipinski definition) is 2. The number of aromatic amines is 1. The van der Waals surface area contributed by atoms with Crippen molar-refractivity contribution in [2.75, 3.05) is 6.61 Å². The summed E-state index contributed by atoms with van der Waals surface area (Å²) in [6, 6.07) is 6.16. The van der Waals surface area contributed by atoms with E-state index in [4.69, 9.17) is 4.74 Å². The number of nitrogens with one attached hydrogen (secondary N) is 1. The number of H-pyrrole nitrogens is 1. The van der Waals surface area contributed by atoms with Crippen molar-refractivity contribution in [3.8, 4) is 0 Å². The van der Waals surface area contributed by atoms with Gasteiger partial charge in [0.25, 0.3) is 0 Å². The summed E-state index contributed by atoms with van der Waals surface area (Å²) in [6.07, 6.45) is 2.13. The van der Waals surface area contributed by atoms with Gasteiger partial charge < -0.3 is 4.74 Å². The summed E-state index contributed by atoms with van der Waals surface area (Å²) < 4.78 is 5.22. The lowest BCUT2D eigenvalue weighted by molar-refractivity contribution is 0.416. The topological polar surface area (TPSA) is 41.2 Å². The minimum atomic E-state index is 0.300. The highest BCUT2D eigenvalue weighted by atomic mass is 16.6. The number of para-hydroxylation sites is 1. The van der Waals surface area contributed by atoms with Gasteiger partial charge in [-0.15, -0.1) is 0 Å². The maximum absolute atomic E-state index is 5.22. The van der Waals surface area contributed by atoms with Crippen molar-refractivity contribution in [2.24, 2.45) is 0 Å². The number of epoxide rings is 1. The van der Waals surface area contributed by atoms with Crippen LogP contribution in [-0.4, -0.2) is 16.8 Å². The molecule has 1 aliphatic heterocycles. The van der Waals surface area contributed by atoms with Crippen molar-refractivity contribution in [2.45, 2.75) is 6.10 Å². The molecule has 12 heavy (non-hydrogen) atoms. The van der Waals surface area contributed by atoms with Gasteiger partial charge in [-0.25, -0.2) is 0 Å². The second-order valence-corrected chi connectivity index (χ2v) is 3.00. The Morgan fingerprint density at radius 3 is 3.25 bits per heavy atom. The van der Waals surface area contributed by atoms with Gasteiger partial charge in [0.05, 0.1) is 18.3 Å². The van der Waals surface area contributed by atoms with Crippen LogP contribution in [0.25, 0.3) is 10.9 Å². The molecule has 0 radical (unpaired) electrons. The van der Waals surface area contributed by atoms with Gasteiger partial charge >= 0.3 is 0 Å². The maximum atomic E-state index is 5.22. The number of nitrogens with zero attached hydrogens (tertiary/aromatic N) is 1. The SMILES string of the molecule is c1cc(C2CO2)c2[nH]ncc2c1. The first-order valence-corrected chi connectivity index (χ1v) is 3.99. The Morgan fingerprint density at radius 1 is 1.50 bits per heavy atom. The fourth-order valence-corrected chi connectivity index (χ4v) is 1.49. The van der Waals surface area contributed by atoms with Crippen LogP contribution < -0.4 is 0 Å². The first-order chi connectivity index (χ1) is 5.95. The first-order valence-electron chi connectivity index (χ1n) is 3.99. The summed E-state index contributed by atoms with van der Waals surface area (Å²) in [5.41, 5.74) is 2.34. The van der Waals surface area contributed by atoms with Gasteiger partial charge in [-0.3, -0.25) is 5.10 Å². The van der Waals surface area contributed by atoms with E-state index in [2.05, 4.69) is 16.3 Å². The average Bonchev–Trinajstić information content (AvgIpc) is 2.82. The van der Waals surface area contributed by atoms with E-state index in [9.17, 15) is 0 Å². The lowest BCUT2D eigenvalue weighted by Gasteiger charge is -1.95. The van der Waals surface area contributed by atoms with E-state index < -0.39 is 0 Å². The van der Waals surface area contributed by atoms with Crippen molar-refractivity contribution < 1.29 is 4.74 Å². The average molecular weight is 160 g/mol. The molecule has 1 unspecified atom stereocenters. The summed E-state index contributed by atoms with van der Waals surface area (Å²) in [5.74, 6) is 0. The third-order valence-electron chi connectivity index (χ3n) is 2.19. The summed E-state index contributed by atoms with van der Waals surface area (Å²) in [7, 11) is 0. The van der Waals surface area contributed by atoms with Gasteiger partial charge in [-0.05, 0) is 0 Å². The number of hydrogen-bond donors (Lipinski definition) is 1. The van der Waals surface area contributed by atoms with Gasteiger partial charge in [-0.2, -0.15) is 5.10 Å². The van der Waals surface area contributed by atoms with E-state index in [0.29, 0.717) is 6.10 Å². The molecule has 0 bridgehead atoms. The minimum absolute atomic E-state index is 0.300. The molecular formula is C9H8N2O. The molecule has 0 amide bonds. The second-order valence-electron chi connectivity index (χ2n) is 3.00. The Balaban J connectivity index is 2.32. The summed E-state index contributed by atoms with van der Waals surface area (Å²) >= 11 is 0. The molecule has 0 saturated carbocycles. The number of rotatable bonds is 1. The van der Waals surface area contributed by atoms with Crippen LogP contribution in [0.1, 0.15) is 11.7 Å². The molecule has 3 rings (SSSR count). The van der Waals surface area contributed by atoms with Crippen LogP contribution in [0.3, 0.4) is 0 Å². The monoisotopic (exact) mass is 160 g/mol. The molecule has 1 fully saturated rings. The van der Waals surface area contributed by atoms with Gasteiger partial charge in [0.15, 0.2) is 0 Å². The molecule has 2 heterocycles. The predicted molar refractivity (Wildman–Crippen MR) is 44.8 cm³/mol. The highest BCUT2D eigenvalue weighted by Gasteiger charge is 2.26. The van der Waals surface area contributed by atoms with Gasteiger partial charge in [-0.1, -0.05) is 18.2 Å². The summed E-state index contributed by atoms with van der Waals surface area (Å²) in [4.78, 5) is 0. The van der Waals surface area contributed by atoms with Gasteiger partial charge in [0, 0.05) is 10.9 Å². The maximum Gasteiger partial charge on any atom is 0.108 e. The van der Waals surface area contributed by atoms with Crippen LogP contribution in [-0.2, 0) is 4.74 Å². The van der Waals surface area contributed by atoms with Gasteiger partial charge in [0.2, 0.25) is 0 Å². The van der Waals surface area contributed by atoms with E-state index in [1.165, 1.54) is 5.56 Å².